The summed E-state index contributed by atoms with van der Waals surface area (Å²) in [5.41, 5.74) is 0.207. The maximum atomic E-state index is 12.2. The van der Waals surface area contributed by atoms with E-state index in [9.17, 15) is 19.8 Å². The summed E-state index contributed by atoms with van der Waals surface area (Å²) in [5.74, 6) is -0.476. The standard InChI is InChI=1S/C15H20N2O5/c1-2-22-15(21)17-7-5-16(6-8-17)10-14(20)12-4-3-11(18)9-13(12)19/h3-4,9,18-19H,2,5-8,10H2,1H3/p+1. The Hall–Kier alpha value is -2.28. The zero-order chi connectivity index (χ0) is 16.1. The number of carbonyl (C=O) groups is 2. The second-order valence-electron chi connectivity index (χ2n) is 5.24. The zero-order valence-electron chi connectivity index (χ0n) is 12.5. The summed E-state index contributed by atoms with van der Waals surface area (Å²) in [6, 6.07) is 3.95. The number of nitrogens with zero attached hydrogens (tertiary/aromatic N) is 1. The van der Waals surface area contributed by atoms with Crippen molar-refractivity contribution in [1.29, 1.82) is 0 Å². The lowest BCUT2D eigenvalue weighted by Crippen LogP contribution is -3.15. The van der Waals surface area contributed by atoms with Crippen LogP contribution in [0, 0.1) is 0 Å². The first-order valence-electron chi connectivity index (χ1n) is 7.31. The van der Waals surface area contributed by atoms with Gasteiger partial charge in [-0.05, 0) is 19.1 Å². The normalized spacial score (nSPS) is 15.6. The third-order valence-electron chi connectivity index (χ3n) is 3.69. The molecule has 7 heteroatoms. The number of phenols is 2. The minimum atomic E-state index is -0.316. The fourth-order valence-corrected chi connectivity index (χ4v) is 2.48. The van der Waals surface area contributed by atoms with Gasteiger partial charge < -0.3 is 19.8 Å². The Bertz CT molecular complexity index is 553. The first-order chi connectivity index (χ1) is 10.5. The molecule has 0 saturated carbocycles. The maximum absolute atomic E-state index is 12.2. The number of piperazine rings is 1. The van der Waals surface area contributed by atoms with Crippen LogP contribution in [0.2, 0.25) is 0 Å². The molecule has 0 radical (unpaired) electrons. The number of rotatable bonds is 4. The molecule has 0 unspecified atom stereocenters. The molecule has 7 nitrogen and oxygen atoms in total. The predicted molar refractivity (Wildman–Crippen MR) is 78.3 cm³/mol. The molecule has 1 saturated heterocycles. The lowest BCUT2D eigenvalue weighted by Gasteiger charge is -2.31. The molecule has 22 heavy (non-hydrogen) atoms. The molecule has 2 rings (SSSR count). The van der Waals surface area contributed by atoms with Crippen molar-refractivity contribution in [2.45, 2.75) is 6.92 Å². The van der Waals surface area contributed by atoms with E-state index in [2.05, 4.69) is 0 Å². The topological polar surface area (TPSA) is 91.5 Å². The van der Waals surface area contributed by atoms with Crippen LogP contribution in [0.15, 0.2) is 18.2 Å². The molecule has 0 bridgehead atoms. The van der Waals surface area contributed by atoms with Gasteiger partial charge in [-0.25, -0.2) is 4.79 Å². The average molecular weight is 309 g/mol. The first kappa shape index (κ1) is 16.1. The van der Waals surface area contributed by atoms with Crippen LogP contribution in [0.5, 0.6) is 11.5 Å². The lowest BCUT2D eigenvalue weighted by atomic mass is 10.1. The third kappa shape index (κ3) is 3.88. The van der Waals surface area contributed by atoms with Crippen molar-refractivity contribution in [3.05, 3.63) is 23.8 Å². The van der Waals surface area contributed by atoms with E-state index in [1.807, 2.05) is 0 Å². The van der Waals surface area contributed by atoms with Crippen LogP contribution in [0.4, 0.5) is 4.79 Å². The van der Waals surface area contributed by atoms with E-state index in [0.717, 1.165) is 11.0 Å². The summed E-state index contributed by atoms with van der Waals surface area (Å²) in [4.78, 5) is 26.5. The minimum Gasteiger partial charge on any atom is -0.508 e. The number of benzene rings is 1. The van der Waals surface area contributed by atoms with E-state index in [4.69, 9.17) is 4.74 Å². The van der Waals surface area contributed by atoms with E-state index < -0.39 is 0 Å². The first-order valence-corrected chi connectivity index (χ1v) is 7.31. The van der Waals surface area contributed by atoms with Gasteiger partial charge in [0.25, 0.3) is 0 Å². The van der Waals surface area contributed by atoms with Crippen LogP contribution in [0.1, 0.15) is 17.3 Å². The Labute approximate surface area is 128 Å². The predicted octanol–water partition coefficient (Wildman–Crippen LogP) is -0.362. The summed E-state index contributed by atoms with van der Waals surface area (Å²) in [7, 11) is 0. The summed E-state index contributed by atoms with van der Waals surface area (Å²) < 4.78 is 4.95. The average Bonchev–Trinajstić information content (AvgIpc) is 2.48. The summed E-state index contributed by atoms with van der Waals surface area (Å²) in [6.07, 6.45) is -0.316. The van der Waals surface area contributed by atoms with Crippen molar-refractivity contribution in [3.8, 4) is 11.5 Å². The van der Waals surface area contributed by atoms with E-state index in [0.29, 0.717) is 32.8 Å². The van der Waals surface area contributed by atoms with E-state index in [-0.39, 0.29) is 35.5 Å². The highest BCUT2D eigenvalue weighted by atomic mass is 16.6. The highest BCUT2D eigenvalue weighted by Gasteiger charge is 2.26. The number of nitrogens with one attached hydrogen (secondary N) is 1. The maximum Gasteiger partial charge on any atom is 0.410 e. The van der Waals surface area contributed by atoms with Crippen molar-refractivity contribution < 1.29 is 29.4 Å². The second kappa shape index (κ2) is 7.13. The number of ether oxygens (including phenoxy) is 1. The van der Waals surface area contributed by atoms with E-state index in [1.54, 1.807) is 11.8 Å². The SMILES string of the molecule is CCOC(=O)N1CC[NH+](CC(=O)c2ccc(O)cc2O)CC1. The van der Waals surface area contributed by atoms with Crippen LogP contribution in [0.3, 0.4) is 0 Å². The molecular weight excluding hydrogens is 288 g/mol. The van der Waals surface area contributed by atoms with Gasteiger partial charge in [0.1, 0.15) is 18.0 Å². The molecule has 1 aromatic carbocycles. The summed E-state index contributed by atoms with van der Waals surface area (Å²) in [5, 5.41) is 18.9. The fourth-order valence-electron chi connectivity index (χ4n) is 2.48. The number of quaternary nitrogens is 1. The van der Waals surface area contributed by atoms with Crippen molar-refractivity contribution in [1.82, 2.24) is 4.90 Å². The molecule has 0 aromatic heterocycles. The smallest absolute Gasteiger partial charge is 0.410 e. The Morgan fingerprint density at radius 1 is 1.27 bits per heavy atom. The number of amides is 1. The van der Waals surface area contributed by atoms with Crippen molar-refractivity contribution in [2.24, 2.45) is 0 Å². The van der Waals surface area contributed by atoms with Crippen molar-refractivity contribution in [3.63, 3.8) is 0 Å². The molecule has 120 valence electrons. The van der Waals surface area contributed by atoms with Crippen LogP contribution >= 0.6 is 0 Å². The Morgan fingerprint density at radius 2 is 1.95 bits per heavy atom. The number of carbonyl (C=O) groups excluding carboxylic acids is 2. The van der Waals surface area contributed by atoms with Crippen LogP contribution in [-0.4, -0.2) is 66.3 Å². The Kier molecular flexibility index (Phi) is 5.21. The lowest BCUT2D eigenvalue weighted by molar-refractivity contribution is -0.895. The van der Waals surface area contributed by atoms with Gasteiger partial charge >= 0.3 is 6.09 Å². The molecule has 3 N–H and O–H groups in total. The number of phenolic OH excluding ortho intramolecular Hbond substituents is 2. The molecule has 1 amide bonds. The van der Waals surface area contributed by atoms with Gasteiger partial charge in [0.2, 0.25) is 5.78 Å². The zero-order valence-corrected chi connectivity index (χ0v) is 12.5. The van der Waals surface area contributed by atoms with Crippen molar-refractivity contribution >= 4 is 11.9 Å². The van der Waals surface area contributed by atoms with Gasteiger partial charge in [0.05, 0.1) is 38.3 Å². The molecular formula is C15H21N2O5+. The highest BCUT2D eigenvalue weighted by molar-refractivity contribution is 5.99. The Morgan fingerprint density at radius 3 is 2.55 bits per heavy atom. The van der Waals surface area contributed by atoms with E-state index in [1.165, 1.54) is 12.1 Å². The van der Waals surface area contributed by atoms with E-state index >= 15 is 0 Å². The van der Waals surface area contributed by atoms with Crippen molar-refractivity contribution in [2.75, 3.05) is 39.3 Å². The molecule has 0 spiro atoms. The number of ketones is 1. The van der Waals surface area contributed by atoms with Crippen LogP contribution in [-0.2, 0) is 4.74 Å². The van der Waals surface area contributed by atoms with Gasteiger partial charge in [-0.1, -0.05) is 0 Å². The molecule has 1 aliphatic heterocycles. The number of hydrogen-bond donors (Lipinski definition) is 3. The Balaban J connectivity index is 1.88. The number of hydrogen-bond acceptors (Lipinski definition) is 5. The monoisotopic (exact) mass is 309 g/mol. The number of aromatic hydroxyl groups is 2. The molecule has 1 heterocycles. The van der Waals surface area contributed by atoms with Gasteiger partial charge in [-0.15, -0.1) is 0 Å². The number of Topliss-reactive ketones (excluding diaryl/α,β-unsaturated/α-hetero) is 1. The van der Waals surface area contributed by atoms with Gasteiger partial charge in [0, 0.05) is 6.07 Å². The van der Waals surface area contributed by atoms with Crippen LogP contribution < -0.4 is 4.90 Å². The van der Waals surface area contributed by atoms with Gasteiger partial charge in [-0.3, -0.25) is 9.69 Å². The molecule has 1 aromatic rings. The largest absolute Gasteiger partial charge is 0.508 e. The van der Waals surface area contributed by atoms with Gasteiger partial charge in [0.15, 0.2) is 0 Å². The van der Waals surface area contributed by atoms with Gasteiger partial charge in [-0.2, -0.15) is 0 Å². The summed E-state index contributed by atoms with van der Waals surface area (Å²) in [6.45, 7) is 4.76. The molecule has 0 atom stereocenters. The molecule has 1 aliphatic rings. The highest BCUT2D eigenvalue weighted by Crippen LogP contribution is 2.22. The quantitative estimate of drug-likeness (QED) is 0.661. The third-order valence-corrected chi connectivity index (χ3v) is 3.69. The fraction of sp³-hybridized carbons (Fsp3) is 0.467. The summed E-state index contributed by atoms with van der Waals surface area (Å²) >= 11 is 0. The van der Waals surface area contributed by atoms with Crippen LogP contribution in [0.25, 0.3) is 0 Å². The molecule has 1 fully saturated rings. The second-order valence-corrected chi connectivity index (χ2v) is 5.24. The molecule has 0 aliphatic carbocycles. The minimum absolute atomic E-state index is 0.0792.